The first-order valence-electron chi connectivity index (χ1n) is 4.84. The average Bonchev–Trinajstić information content (AvgIpc) is 2.47. The molecule has 0 aromatic heterocycles. The van der Waals surface area contributed by atoms with Crippen LogP contribution in [0.15, 0.2) is 0 Å². The van der Waals surface area contributed by atoms with E-state index in [-0.39, 0.29) is 12.5 Å². The molecular weight excluding hydrogens is 198 g/mol. The summed E-state index contributed by atoms with van der Waals surface area (Å²) >= 11 is 0. The highest BCUT2D eigenvalue weighted by atomic mass is 16.6. The fourth-order valence-electron chi connectivity index (χ4n) is 1.26. The van der Waals surface area contributed by atoms with Crippen molar-refractivity contribution >= 4 is 12.0 Å². The molecule has 0 spiro atoms. The summed E-state index contributed by atoms with van der Waals surface area (Å²) in [7, 11) is 5.42. The van der Waals surface area contributed by atoms with E-state index in [4.69, 9.17) is 4.74 Å². The number of nitrogens with one attached hydrogen (secondary N) is 1. The monoisotopic (exact) mass is 215 g/mol. The van der Waals surface area contributed by atoms with E-state index in [0.29, 0.717) is 6.54 Å². The molecule has 1 heterocycles. The van der Waals surface area contributed by atoms with Crippen LogP contribution in [0.5, 0.6) is 0 Å². The molecule has 1 unspecified atom stereocenters. The van der Waals surface area contributed by atoms with Gasteiger partial charge in [-0.15, -0.1) is 0 Å². The Morgan fingerprint density at radius 2 is 2.33 bits per heavy atom. The van der Waals surface area contributed by atoms with Crippen LogP contribution in [0.1, 0.15) is 0 Å². The van der Waals surface area contributed by atoms with Crippen LogP contribution in [0.25, 0.3) is 0 Å². The van der Waals surface area contributed by atoms with Crippen molar-refractivity contribution in [2.24, 2.45) is 0 Å². The minimum atomic E-state index is -0.486. The van der Waals surface area contributed by atoms with E-state index < -0.39 is 12.1 Å². The standard InChI is InChI=1S/C9H17N3O3/c1-11(2)5-4-10-8(13)7-6-15-9(14)12(7)3/h7H,4-6H2,1-3H3,(H,10,13). The van der Waals surface area contributed by atoms with Crippen LogP contribution < -0.4 is 5.32 Å². The molecule has 1 N–H and O–H groups in total. The molecule has 0 aliphatic carbocycles. The number of rotatable bonds is 4. The Bertz CT molecular complexity index is 255. The molecule has 86 valence electrons. The fourth-order valence-corrected chi connectivity index (χ4v) is 1.26. The van der Waals surface area contributed by atoms with Crippen molar-refractivity contribution in [2.75, 3.05) is 40.8 Å². The van der Waals surface area contributed by atoms with Gasteiger partial charge >= 0.3 is 6.09 Å². The smallest absolute Gasteiger partial charge is 0.410 e. The molecular formula is C9H17N3O3. The lowest BCUT2D eigenvalue weighted by atomic mass is 10.3. The minimum Gasteiger partial charge on any atom is -0.447 e. The summed E-state index contributed by atoms with van der Waals surface area (Å²) in [4.78, 5) is 25.8. The molecule has 1 rings (SSSR count). The highest BCUT2D eigenvalue weighted by Gasteiger charge is 2.34. The van der Waals surface area contributed by atoms with Gasteiger partial charge in [0.1, 0.15) is 12.6 Å². The van der Waals surface area contributed by atoms with E-state index in [1.807, 2.05) is 19.0 Å². The van der Waals surface area contributed by atoms with Gasteiger partial charge in [0.25, 0.3) is 0 Å². The predicted molar refractivity (Wildman–Crippen MR) is 54.5 cm³/mol. The molecule has 1 aliphatic rings. The van der Waals surface area contributed by atoms with E-state index in [9.17, 15) is 9.59 Å². The van der Waals surface area contributed by atoms with Crippen LogP contribution in [0.2, 0.25) is 0 Å². The van der Waals surface area contributed by atoms with Gasteiger partial charge in [-0.2, -0.15) is 0 Å². The summed E-state index contributed by atoms with van der Waals surface area (Å²) in [6.45, 7) is 1.49. The number of carbonyl (C=O) groups excluding carboxylic acids is 2. The normalized spacial score (nSPS) is 20.7. The minimum absolute atomic E-state index is 0.142. The highest BCUT2D eigenvalue weighted by Crippen LogP contribution is 2.08. The topological polar surface area (TPSA) is 61.9 Å². The quantitative estimate of drug-likeness (QED) is 0.661. The fraction of sp³-hybridized carbons (Fsp3) is 0.778. The molecule has 0 bridgehead atoms. The van der Waals surface area contributed by atoms with Crippen LogP contribution in [-0.2, 0) is 9.53 Å². The van der Waals surface area contributed by atoms with Crippen molar-refractivity contribution in [3.63, 3.8) is 0 Å². The lowest BCUT2D eigenvalue weighted by Crippen LogP contribution is -2.45. The number of amides is 2. The maximum atomic E-state index is 11.6. The zero-order chi connectivity index (χ0) is 11.4. The molecule has 6 heteroatoms. The maximum absolute atomic E-state index is 11.6. The summed E-state index contributed by atoms with van der Waals surface area (Å²) in [5.41, 5.74) is 0. The molecule has 6 nitrogen and oxygen atoms in total. The molecule has 0 aromatic rings. The molecule has 2 amide bonds. The first kappa shape index (κ1) is 11.8. The van der Waals surface area contributed by atoms with E-state index in [0.717, 1.165) is 6.54 Å². The lowest BCUT2D eigenvalue weighted by molar-refractivity contribution is -0.124. The van der Waals surface area contributed by atoms with Crippen LogP contribution >= 0.6 is 0 Å². The first-order valence-corrected chi connectivity index (χ1v) is 4.84. The maximum Gasteiger partial charge on any atom is 0.410 e. The van der Waals surface area contributed by atoms with Gasteiger partial charge in [-0.3, -0.25) is 9.69 Å². The summed E-state index contributed by atoms with van der Waals surface area (Å²) in [5, 5.41) is 2.75. The number of nitrogens with zero attached hydrogens (tertiary/aromatic N) is 2. The van der Waals surface area contributed by atoms with Crippen LogP contribution in [0.4, 0.5) is 4.79 Å². The third-order valence-electron chi connectivity index (χ3n) is 2.28. The molecule has 15 heavy (non-hydrogen) atoms. The Hall–Kier alpha value is -1.30. The van der Waals surface area contributed by atoms with Gasteiger partial charge in [-0.25, -0.2) is 4.79 Å². The molecule has 0 aromatic carbocycles. The third kappa shape index (κ3) is 3.09. The Labute approximate surface area is 89.2 Å². The van der Waals surface area contributed by atoms with Crippen molar-refractivity contribution in [1.82, 2.24) is 15.1 Å². The summed E-state index contributed by atoms with van der Waals surface area (Å²) in [6, 6.07) is -0.486. The van der Waals surface area contributed by atoms with E-state index in [1.54, 1.807) is 7.05 Å². The Morgan fingerprint density at radius 1 is 1.67 bits per heavy atom. The summed E-state index contributed by atoms with van der Waals surface area (Å²) in [5.74, 6) is -0.162. The summed E-state index contributed by atoms with van der Waals surface area (Å²) < 4.78 is 4.74. The zero-order valence-electron chi connectivity index (χ0n) is 9.32. The molecule has 1 atom stereocenters. The number of cyclic esters (lactones) is 1. The SMILES string of the molecule is CN(C)CCNC(=O)C1COC(=O)N1C. The van der Waals surface area contributed by atoms with Crippen molar-refractivity contribution < 1.29 is 14.3 Å². The van der Waals surface area contributed by atoms with E-state index in [1.165, 1.54) is 4.90 Å². The van der Waals surface area contributed by atoms with Gasteiger partial charge in [0.15, 0.2) is 0 Å². The Kier molecular flexibility index (Phi) is 3.90. The number of carbonyl (C=O) groups is 2. The van der Waals surface area contributed by atoms with Crippen molar-refractivity contribution in [2.45, 2.75) is 6.04 Å². The molecule has 1 fully saturated rings. The summed E-state index contributed by atoms with van der Waals surface area (Å²) in [6.07, 6.45) is -0.442. The first-order chi connectivity index (χ1) is 7.02. The van der Waals surface area contributed by atoms with Gasteiger partial charge < -0.3 is 15.0 Å². The molecule has 1 aliphatic heterocycles. The zero-order valence-corrected chi connectivity index (χ0v) is 9.32. The average molecular weight is 215 g/mol. The second kappa shape index (κ2) is 4.97. The lowest BCUT2D eigenvalue weighted by Gasteiger charge is -2.16. The van der Waals surface area contributed by atoms with Gasteiger partial charge in [0, 0.05) is 20.1 Å². The second-order valence-electron chi connectivity index (χ2n) is 3.80. The number of hydrogen-bond donors (Lipinski definition) is 1. The van der Waals surface area contributed by atoms with Crippen LogP contribution in [-0.4, -0.2) is 68.7 Å². The predicted octanol–water partition coefficient (Wildman–Crippen LogP) is -0.885. The van der Waals surface area contributed by atoms with Crippen LogP contribution in [0.3, 0.4) is 0 Å². The molecule has 0 radical (unpaired) electrons. The Morgan fingerprint density at radius 3 is 2.80 bits per heavy atom. The van der Waals surface area contributed by atoms with Crippen molar-refractivity contribution in [1.29, 1.82) is 0 Å². The van der Waals surface area contributed by atoms with E-state index >= 15 is 0 Å². The molecule has 1 saturated heterocycles. The number of ether oxygens (including phenoxy) is 1. The second-order valence-corrected chi connectivity index (χ2v) is 3.80. The van der Waals surface area contributed by atoms with Gasteiger partial charge in [0.2, 0.25) is 5.91 Å². The van der Waals surface area contributed by atoms with Crippen LogP contribution in [0, 0.1) is 0 Å². The van der Waals surface area contributed by atoms with Crippen molar-refractivity contribution in [3.05, 3.63) is 0 Å². The Balaban J connectivity index is 2.31. The van der Waals surface area contributed by atoms with Crippen molar-refractivity contribution in [3.8, 4) is 0 Å². The highest BCUT2D eigenvalue weighted by molar-refractivity contribution is 5.87. The van der Waals surface area contributed by atoms with E-state index in [2.05, 4.69) is 5.32 Å². The van der Waals surface area contributed by atoms with Gasteiger partial charge in [0.05, 0.1) is 0 Å². The number of hydrogen-bond acceptors (Lipinski definition) is 4. The molecule has 0 saturated carbocycles. The van der Waals surface area contributed by atoms with Gasteiger partial charge in [-0.05, 0) is 14.1 Å². The largest absolute Gasteiger partial charge is 0.447 e. The third-order valence-corrected chi connectivity index (χ3v) is 2.28. The number of likely N-dealkylation sites (N-methyl/N-ethyl adjacent to an activating group) is 2. The van der Waals surface area contributed by atoms with Gasteiger partial charge in [-0.1, -0.05) is 0 Å².